The fourth-order valence-corrected chi connectivity index (χ4v) is 5.90. The number of nitrogens with one attached hydrogen (secondary N) is 1. The molecule has 2 heterocycles. The predicted octanol–water partition coefficient (Wildman–Crippen LogP) is 1.98. The molecule has 1 saturated heterocycles. The highest BCUT2D eigenvalue weighted by Crippen LogP contribution is 2.27. The van der Waals surface area contributed by atoms with Crippen molar-refractivity contribution in [1.82, 2.24) is 14.2 Å². The van der Waals surface area contributed by atoms with Crippen molar-refractivity contribution in [3.63, 3.8) is 0 Å². The van der Waals surface area contributed by atoms with E-state index in [-0.39, 0.29) is 34.9 Å². The Hall–Kier alpha value is -2.13. The molecule has 1 aliphatic heterocycles. The van der Waals surface area contributed by atoms with Crippen LogP contribution in [-0.4, -0.2) is 42.3 Å². The first-order valence-electron chi connectivity index (χ1n) is 10.3. The van der Waals surface area contributed by atoms with Gasteiger partial charge < -0.3 is 9.73 Å². The molecule has 1 aromatic heterocycles. The van der Waals surface area contributed by atoms with Crippen LogP contribution in [0.1, 0.15) is 44.9 Å². The average Bonchev–Trinajstić information content (AvgIpc) is 3.02. The molecule has 8 nitrogen and oxygen atoms in total. The number of fused-ring (bicyclic) bond motifs is 1. The van der Waals surface area contributed by atoms with Crippen molar-refractivity contribution in [2.45, 2.75) is 55.9 Å². The highest BCUT2D eigenvalue weighted by molar-refractivity contribution is 7.89. The van der Waals surface area contributed by atoms with Crippen molar-refractivity contribution in [1.29, 1.82) is 0 Å². The minimum absolute atomic E-state index is 0.0405. The topological polar surface area (TPSA) is 102 Å². The molecular weight excluding hydrogens is 394 g/mol. The third-order valence-corrected chi connectivity index (χ3v) is 7.97. The standard InChI is InChI=1S/C20H27N3O5S/c1-22-17-10-9-16(12-18(17)28-20(22)25)29(26,27)23-11-5-6-14(13-23)19(24)21-15-7-3-2-4-8-15/h9-10,12,14-15H,2-8,11,13H2,1H3,(H,21,24)/t14-/m0/s1. The number of aryl methyl sites for hydroxylation is 1. The van der Waals surface area contributed by atoms with Gasteiger partial charge in [0.25, 0.3) is 0 Å². The van der Waals surface area contributed by atoms with E-state index in [0.29, 0.717) is 24.9 Å². The second-order valence-corrected chi connectivity index (χ2v) is 10.0. The first kappa shape index (κ1) is 20.2. The molecule has 2 fully saturated rings. The van der Waals surface area contributed by atoms with Crippen LogP contribution < -0.4 is 11.1 Å². The Labute approximate surface area is 169 Å². The van der Waals surface area contributed by atoms with Crippen molar-refractivity contribution >= 4 is 27.0 Å². The molecule has 9 heteroatoms. The van der Waals surface area contributed by atoms with Gasteiger partial charge in [-0.2, -0.15) is 4.31 Å². The Morgan fingerprint density at radius 1 is 1.14 bits per heavy atom. The van der Waals surface area contributed by atoms with Crippen LogP contribution in [-0.2, 0) is 21.9 Å². The summed E-state index contributed by atoms with van der Waals surface area (Å²) in [6, 6.07) is 4.66. The van der Waals surface area contributed by atoms with E-state index < -0.39 is 15.8 Å². The molecule has 1 atom stereocenters. The molecule has 2 aliphatic rings. The highest BCUT2D eigenvalue weighted by atomic mass is 32.2. The Morgan fingerprint density at radius 3 is 2.66 bits per heavy atom. The van der Waals surface area contributed by atoms with Crippen molar-refractivity contribution in [2.75, 3.05) is 13.1 Å². The summed E-state index contributed by atoms with van der Waals surface area (Å²) in [5.41, 5.74) is 0.777. The van der Waals surface area contributed by atoms with Gasteiger partial charge in [0.15, 0.2) is 5.58 Å². The predicted molar refractivity (Wildman–Crippen MR) is 108 cm³/mol. The minimum atomic E-state index is -3.77. The Balaban J connectivity index is 1.50. The van der Waals surface area contributed by atoms with Crippen LogP contribution in [0.4, 0.5) is 0 Å². The SMILES string of the molecule is Cn1c(=O)oc2cc(S(=O)(=O)N3CCC[C@H](C(=O)NC4CCCCC4)C3)ccc21. The van der Waals surface area contributed by atoms with Crippen LogP contribution in [0.2, 0.25) is 0 Å². The number of sulfonamides is 1. The number of carbonyl (C=O) groups excluding carboxylic acids is 1. The van der Waals surface area contributed by atoms with E-state index in [9.17, 15) is 18.0 Å². The van der Waals surface area contributed by atoms with Gasteiger partial charge in [0.1, 0.15) is 0 Å². The fourth-order valence-electron chi connectivity index (χ4n) is 4.36. The first-order valence-corrected chi connectivity index (χ1v) is 11.7. The second kappa shape index (κ2) is 7.95. The molecule has 0 bridgehead atoms. The van der Waals surface area contributed by atoms with E-state index in [2.05, 4.69) is 5.32 Å². The van der Waals surface area contributed by atoms with Crippen molar-refractivity contribution in [3.05, 3.63) is 28.7 Å². The number of rotatable bonds is 4. The summed E-state index contributed by atoms with van der Waals surface area (Å²) in [6.45, 7) is 0.560. The molecule has 1 N–H and O–H groups in total. The fraction of sp³-hybridized carbons (Fsp3) is 0.600. The molecule has 1 aliphatic carbocycles. The molecule has 1 amide bonds. The molecule has 0 radical (unpaired) electrons. The van der Waals surface area contributed by atoms with Crippen LogP contribution in [0.25, 0.3) is 11.1 Å². The monoisotopic (exact) mass is 421 g/mol. The van der Waals surface area contributed by atoms with Gasteiger partial charge in [-0.25, -0.2) is 13.2 Å². The van der Waals surface area contributed by atoms with Crippen LogP contribution in [0.5, 0.6) is 0 Å². The molecule has 1 aromatic carbocycles. The van der Waals surface area contributed by atoms with Crippen molar-refractivity contribution in [3.8, 4) is 0 Å². The molecule has 1 saturated carbocycles. The molecule has 4 rings (SSSR count). The highest BCUT2D eigenvalue weighted by Gasteiger charge is 2.34. The maximum atomic E-state index is 13.1. The van der Waals surface area contributed by atoms with E-state index in [1.54, 1.807) is 13.1 Å². The molecular formula is C20H27N3O5S. The summed E-state index contributed by atoms with van der Waals surface area (Å²) in [5, 5.41) is 3.12. The lowest BCUT2D eigenvalue weighted by molar-refractivity contribution is -0.127. The number of nitrogens with zero attached hydrogens (tertiary/aromatic N) is 2. The molecule has 2 aromatic rings. The van der Waals surface area contributed by atoms with Gasteiger partial charge in [-0.05, 0) is 37.8 Å². The number of piperidine rings is 1. The zero-order valence-electron chi connectivity index (χ0n) is 16.6. The van der Waals surface area contributed by atoms with E-state index >= 15 is 0 Å². The van der Waals surface area contributed by atoms with E-state index in [0.717, 1.165) is 25.7 Å². The molecule has 29 heavy (non-hydrogen) atoms. The zero-order valence-corrected chi connectivity index (χ0v) is 17.4. The summed E-state index contributed by atoms with van der Waals surface area (Å²) in [7, 11) is -2.20. The first-order chi connectivity index (χ1) is 13.9. The summed E-state index contributed by atoms with van der Waals surface area (Å²) in [5.74, 6) is -0.910. The molecule has 158 valence electrons. The maximum absolute atomic E-state index is 13.1. The van der Waals surface area contributed by atoms with Crippen molar-refractivity contribution in [2.24, 2.45) is 13.0 Å². The minimum Gasteiger partial charge on any atom is -0.408 e. The number of amides is 1. The maximum Gasteiger partial charge on any atom is 0.419 e. The van der Waals surface area contributed by atoms with Gasteiger partial charge in [-0.1, -0.05) is 19.3 Å². The zero-order chi connectivity index (χ0) is 20.6. The van der Waals surface area contributed by atoms with Crippen LogP contribution in [0.15, 0.2) is 32.3 Å². The normalized spacial score (nSPS) is 22.0. The number of benzene rings is 1. The third kappa shape index (κ3) is 3.98. The van der Waals surface area contributed by atoms with Gasteiger partial charge in [-0.15, -0.1) is 0 Å². The van der Waals surface area contributed by atoms with E-state index in [1.165, 1.54) is 27.4 Å². The number of aromatic nitrogens is 1. The third-order valence-electron chi connectivity index (χ3n) is 6.11. The number of hydrogen-bond acceptors (Lipinski definition) is 5. The van der Waals surface area contributed by atoms with E-state index in [4.69, 9.17) is 4.42 Å². The van der Waals surface area contributed by atoms with E-state index in [1.807, 2.05) is 0 Å². The quantitative estimate of drug-likeness (QED) is 0.813. The van der Waals surface area contributed by atoms with Gasteiger partial charge in [0, 0.05) is 32.2 Å². The number of hydrogen-bond donors (Lipinski definition) is 1. The van der Waals surface area contributed by atoms with Crippen LogP contribution >= 0.6 is 0 Å². The summed E-state index contributed by atoms with van der Waals surface area (Å²) < 4.78 is 34.1. The largest absolute Gasteiger partial charge is 0.419 e. The van der Waals surface area contributed by atoms with Crippen LogP contribution in [0.3, 0.4) is 0 Å². The Morgan fingerprint density at radius 2 is 1.90 bits per heavy atom. The smallest absolute Gasteiger partial charge is 0.408 e. The van der Waals surface area contributed by atoms with Gasteiger partial charge >= 0.3 is 5.76 Å². The van der Waals surface area contributed by atoms with Crippen LogP contribution in [0, 0.1) is 5.92 Å². The Kier molecular flexibility index (Phi) is 5.52. The van der Waals surface area contributed by atoms with Gasteiger partial charge in [0.2, 0.25) is 15.9 Å². The lowest BCUT2D eigenvalue weighted by Gasteiger charge is -2.32. The summed E-state index contributed by atoms with van der Waals surface area (Å²) >= 11 is 0. The summed E-state index contributed by atoms with van der Waals surface area (Å²) in [6.07, 6.45) is 6.82. The number of oxazole rings is 1. The lowest BCUT2D eigenvalue weighted by atomic mass is 9.93. The lowest BCUT2D eigenvalue weighted by Crippen LogP contribution is -2.47. The summed E-state index contributed by atoms with van der Waals surface area (Å²) in [4.78, 5) is 24.5. The van der Waals surface area contributed by atoms with Gasteiger partial charge in [-0.3, -0.25) is 9.36 Å². The molecule has 0 unspecified atom stereocenters. The van der Waals surface area contributed by atoms with Crippen molar-refractivity contribution < 1.29 is 17.6 Å². The Bertz CT molecular complexity index is 1070. The number of carbonyl (C=O) groups is 1. The molecule has 0 spiro atoms. The second-order valence-electron chi connectivity index (χ2n) is 8.10. The average molecular weight is 422 g/mol. The van der Waals surface area contributed by atoms with Gasteiger partial charge in [0.05, 0.1) is 16.3 Å².